The van der Waals surface area contributed by atoms with E-state index in [1.165, 1.54) is 5.56 Å². The van der Waals surface area contributed by atoms with Crippen LogP contribution in [0.2, 0.25) is 0 Å². The van der Waals surface area contributed by atoms with Gasteiger partial charge in [0.2, 0.25) is 0 Å². The first kappa shape index (κ1) is 11.8. The van der Waals surface area contributed by atoms with E-state index in [0.717, 1.165) is 25.1 Å². The summed E-state index contributed by atoms with van der Waals surface area (Å²) in [7, 11) is 1.84. The molecule has 0 spiro atoms. The fraction of sp³-hybridized carbons (Fsp3) is 0.267. The van der Waals surface area contributed by atoms with Gasteiger partial charge in [-0.25, -0.2) is 0 Å². The van der Waals surface area contributed by atoms with Crippen LogP contribution < -0.4 is 10.6 Å². The molecule has 0 saturated carbocycles. The summed E-state index contributed by atoms with van der Waals surface area (Å²) in [6.07, 6.45) is 3.85. The molecule has 4 nitrogen and oxygen atoms in total. The molecule has 0 unspecified atom stereocenters. The summed E-state index contributed by atoms with van der Waals surface area (Å²) >= 11 is 0. The molecule has 1 aliphatic rings. The van der Waals surface area contributed by atoms with E-state index in [-0.39, 0.29) is 5.91 Å². The molecule has 2 N–H and O–H groups in total. The van der Waals surface area contributed by atoms with Crippen molar-refractivity contribution in [3.8, 4) is 0 Å². The lowest BCUT2D eigenvalue weighted by Gasteiger charge is -2.29. The fourth-order valence-corrected chi connectivity index (χ4v) is 2.61. The fourth-order valence-electron chi connectivity index (χ4n) is 2.61. The number of nitrogen functional groups attached to an aromatic ring is 1. The minimum atomic E-state index is -0.00903. The highest BCUT2D eigenvalue weighted by atomic mass is 16.2. The summed E-state index contributed by atoms with van der Waals surface area (Å²) in [5.74, 6) is 0.512. The number of rotatable bonds is 1. The molecule has 4 heteroatoms. The molecule has 1 aliphatic heterocycles. The third-order valence-corrected chi connectivity index (χ3v) is 3.71. The standard InChI is InChI=1S/C15H17N3O/c1-17-10-8-12(14(17)16)15(19)18-9-4-6-11-5-2-3-7-13(11)18/h2-3,5,7-8,10H,4,6,9,16H2,1H3. The Labute approximate surface area is 112 Å². The Morgan fingerprint density at radius 1 is 1.26 bits per heavy atom. The van der Waals surface area contributed by atoms with E-state index in [9.17, 15) is 4.79 Å². The van der Waals surface area contributed by atoms with Crippen molar-refractivity contribution in [2.75, 3.05) is 17.2 Å². The van der Waals surface area contributed by atoms with E-state index >= 15 is 0 Å². The molecule has 98 valence electrons. The van der Waals surface area contributed by atoms with Crippen LogP contribution in [0.15, 0.2) is 36.5 Å². The summed E-state index contributed by atoms with van der Waals surface area (Å²) in [4.78, 5) is 14.5. The van der Waals surface area contributed by atoms with Crippen LogP contribution in [0, 0.1) is 0 Å². The SMILES string of the molecule is Cn1ccc(C(=O)N2CCCc3ccccc32)c1N. The molecule has 19 heavy (non-hydrogen) atoms. The normalized spacial score (nSPS) is 14.3. The third-order valence-electron chi connectivity index (χ3n) is 3.71. The largest absolute Gasteiger partial charge is 0.384 e. The monoisotopic (exact) mass is 255 g/mol. The number of carbonyl (C=O) groups excluding carboxylic acids is 1. The molecular weight excluding hydrogens is 238 g/mol. The van der Waals surface area contributed by atoms with Crippen LogP contribution in [0.25, 0.3) is 0 Å². The maximum absolute atomic E-state index is 12.6. The smallest absolute Gasteiger partial charge is 0.262 e. The zero-order chi connectivity index (χ0) is 13.4. The van der Waals surface area contributed by atoms with Gasteiger partial charge in [-0.1, -0.05) is 18.2 Å². The zero-order valence-corrected chi connectivity index (χ0v) is 11.0. The van der Waals surface area contributed by atoms with Crippen LogP contribution in [-0.2, 0) is 13.5 Å². The van der Waals surface area contributed by atoms with Gasteiger partial charge >= 0.3 is 0 Å². The van der Waals surface area contributed by atoms with Gasteiger partial charge in [-0.3, -0.25) is 4.79 Å². The van der Waals surface area contributed by atoms with E-state index in [1.807, 2.05) is 36.3 Å². The van der Waals surface area contributed by atoms with E-state index in [2.05, 4.69) is 6.07 Å². The number of benzene rings is 1. The number of nitrogens with zero attached hydrogens (tertiary/aromatic N) is 2. The van der Waals surface area contributed by atoms with Gasteiger partial charge in [-0.2, -0.15) is 0 Å². The van der Waals surface area contributed by atoms with Crippen molar-refractivity contribution in [2.24, 2.45) is 7.05 Å². The van der Waals surface area contributed by atoms with Crippen molar-refractivity contribution in [2.45, 2.75) is 12.8 Å². The van der Waals surface area contributed by atoms with Crippen LogP contribution >= 0.6 is 0 Å². The Hall–Kier alpha value is -2.23. The van der Waals surface area contributed by atoms with Crippen molar-refractivity contribution in [1.29, 1.82) is 0 Å². The Balaban J connectivity index is 2.00. The molecule has 2 heterocycles. The number of anilines is 2. The average molecular weight is 255 g/mol. The highest BCUT2D eigenvalue weighted by Gasteiger charge is 2.25. The van der Waals surface area contributed by atoms with Crippen LogP contribution in [0.3, 0.4) is 0 Å². The van der Waals surface area contributed by atoms with Gasteiger partial charge < -0.3 is 15.2 Å². The number of hydrogen-bond donors (Lipinski definition) is 1. The molecule has 0 saturated heterocycles. The van der Waals surface area contributed by atoms with Crippen LogP contribution in [0.4, 0.5) is 11.5 Å². The average Bonchev–Trinajstić information content (AvgIpc) is 2.78. The highest BCUT2D eigenvalue weighted by Crippen LogP contribution is 2.29. The number of aryl methyl sites for hydroxylation is 2. The van der Waals surface area contributed by atoms with Gasteiger partial charge in [0.1, 0.15) is 5.82 Å². The lowest BCUT2D eigenvalue weighted by Crippen LogP contribution is -2.35. The van der Waals surface area contributed by atoms with Gasteiger partial charge in [-0.15, -0.1) is 0 Å². The van der Waals surface area contributed by atoms with Crippen molar-refractivity contribution in [1.82, 2.24) is 4.57 Å². The van der Waals surface area contributed by atoms with Gasteiger partial charge in [0.05, 0.1) is 5.56 Å². The summed E-state index contributed by atoms with van der Waals surface area (Å²) in [5, 5.41) is 0. The minimum Gasteiger partial charge on any atom is -0.384 e. The number of fused-ring (bicyclic) bond motifs is 1. The second-order valence-electron chi connectivity index (χ2n) is 4.91. The van der Waals surface area contributed by atoms with Gasteiger partial charge in [0.25, 0.3) is 5.91 Å². The molecule has 0 aliphatic carbocycles. The number of amides is 1. The van der Waals surface area contributed by atoms with Crippen molar-refractivity contribution >= 4 is 17.4 Å². The molecule has 1 aromatic carbocycles. The van der Waals surface area contributed by atoms with Crippen molar-refractivity contribution < 1.29 is 4.79 Å². The van der Waals surface area contributed by atoms with E-state index in [1.54, 1.807) is 10.6 Å². The molecule has 0 bridgehead atoms. The first-order chi connectivity index (χ1) is 9.18. The summed E-state index contributed by atoms with van der Waals surface area (Å²) in [6, 6.07) is 9.87. The Bertz CT molecular complexity index is 630. The van der Waals surface area contributed by atoms with Crippen molar-refractivity contribution in [3.63, 3.8) is 0 Å². The van der Waals surface area contributed by atoms with E-state index < -0.39 is 0 Å². The number of hydrogen-bond acceptors (Lipinski definition) is 2. The number of aromatic nitrogens is 1. The Morgan fingerprint density at radius 2 is 2.05 bits per heavy atom. The highest BCUT2D eigenvalue weighted by molar-refractivity contribution is 6.09. The molecule has 1 amide bonds. The molecule has 1 aromatic heterocycles. The predicted octanol–water partition coefficient (Wildman–Crippen LogP) is 2.20. The molecular formula is C15H17N3O. The van der Waals surface area contributed by atoms with Crippen LogP contribution in [0.1, 0.15) is 22.3 Å². The first-order valence-corrected chi connectivity index (χ1v) is 6.49. The van der Waals surface area contributed by atoms with E-state index in [4.69, 9.17) is 5.73 Å². The predicted molar refractivity (Wildman–Crippen MR) is 76.3 cm³/mol. The van der Waals surface area contributed by atoms with Crippen LogP contribution in [-0.4, -0.2) is 17.0 Å². The molecule has 0 fully saturated rings. The zero-order valence-electron chi connectivity index (χ0n) is 11.0. The first-order valence-electron chi connectivity index (χ1n) is 6.49. The van der Waals surface area contributed by atoms with E-state index in [0.29, 0.717) is 11.4 Å². The maximum atomic E-state index is 12.6. The minimum absolute atomic E-state index is 0.00903. The quantitative estimate of drug-likeness (QED) is 0.849. The lowest BCUT2D eigenvalue weighted by atomic mass is 10.0. The second kappa shape index (κ2) is 4.46. The Kier molecular flexibility index (Phi) is 2.78. The topological polar surface area (TPSA) is 51.3 Å². The summed E-state index contributed by atoms with van der Waals surface area (Å²) in [5.41, 5.74) is 8.78. The lowest BCUT2D eigenvalue weighted by molar-refractivity contribution is 0.0986. The summed E-state index contributed by atoms with van der Waals surface area (Å²) < 4.78 is 1.77. The molecule has 3 rings (SSSR count). The van der Waals surface area contributed by atoms with Crippen LogP contribution in [0.5, 0.6) is 0 Å². The van der Waals surface area contributed by atoms with Gasteiger partial charge in [0.15, 0.2) is 0 Å². The molecule has 2 aromatic rings. The summed E-state index contributed by atoms with van der Waals surface area (Å²) in [6.45, 7) is 0.754. The third kappa shape index (κ3) is 1.89. The number of nitrogens with two attached hydrogens (primary N) is 1. The maximum Gasteiger partial charge on any atom is 0.262 e. The second-order valence-corrected chi connectivity index (χ2v) is 4.91. The van der Waals surface area contributed by atoms with Gasteiger partial charge in [0, 0.05) is 25.5 Å². The number of carbonyl (C=O) groups is 1. The molecule has 0 radical (unpaired) electrons. The number of para-hydroxylation sites is 1. The molecule has 0 atom stereocenters. The van der Waals surface area contributed by atoms with Crippen molar-refractivity contribution in [3.05, 3.63) is 47.7 Å². The Morgan fingerprint density at radius 3 is 2.79 bits per heavy atom. The van der Waals surface area contributed by atoms with Gasteiger partial charge in [-0.05, 0) is 30.5 Å².